The number of phenolic OH excluding ortho intramolecular Hbond substituents is 1. The van der Waals surface area contributed by atoms with E-state index in [0.29, 0.717) is 25.6 Å². The topological polar surface area (TPSA) is 61.4 Å². The number of carbonyl (C=O) groups excluding carboxylic acids is 1. The van der Waals surface area contributed by atoms with Gasteiger partial charge >= 0.3 is 0 Å². The first-order valence-electron chi connectivity index (χ1n) is 6.29. The van der Waals surface area contributed by atoms with Crippen molar-refractivity contribution in [3.63, 3.8) is 0 Å². The Morgan fingerprint density at radius 1 is 1.40 bits per heavy atom. The van der Waals surface area contributed by atoms with E-state index in [4.69, 9.17) is 5.11 Å². The van der Waals surface area contributed by atoms with Crippen LogP contribution in [0.4, 0.5) is 13.2 Å². The Morgan fingerprint density at radius 3 is 2.75 bits per heavy atom. The lowest BCUT2D eigenvalue weighted by molar-refractivity contribution is 0.0908. The molecule has 0 bridgehead atoms. The van der Waals surface area contributed by atoms with Crippen LogP contribution in [0, 0.1) is 23.4 Å². The molecule has 2 atom stereocenters. The maximum Gasteiger partial charge on any atom is 0.254 e. The number of aromatic hydroxyl groups is 1. The van der Waals surface area contributed by atoms with Crippen LogP contribution >= 0.6 is 0 Å². The van der Waals surface area contributed by atoms with Gasteiger partial charge in [0.2, 0.25) is 5.82 Å². The quantitative estimate of drug-likeness (QED) is 0.723. The fraction of sp³-hybridized carbons (Fsp3) is 0.462. The summed E-state index contributed by atoms with van der Waals surface area (Å²) >= 11 is 0. The fourth-order valence-electron chi connectivity index (χ4n) is 2.23. The third-order valence-corrected chi connectivity index (χ3v) is 3.48. The molecule has 0 saturated carbocycles. The summed E-state index contributed by atoms with van der Waals surface area (Å²) < 4.78 is 39.7. The Morgan fingerprint density at radius 2 is 2.10 bits per heavy atom. The van der Waals surface area contributed by atoms with Gasteiger partial charge in [-0.1, -0.05) is 6.92 Å². The second-order valence-corrected chi connectivity index (χ2v) is 4.93. The maximum absolute atomic E-state index is 13.6. The lowest BCUT2D eigenvalue weighted by Crippen LogP contribution is -2.48. The van der Waals surface area contributed by atoms with Gasteiger partial charge in [-0.15, -0.1) is 0 Å². The van der Waals surface area contributed by atoms with Gasteiger partial charge in [0.25, 0.3) is 5.91 Å². The van der Waals surface area contributed by atoms with Crippen molar-refractivity contribution >= 4 is 5.91 Å². The van der Waals surface area contributed by atoms with Crippen molar-refractivity contribution in [2.75, 3.05) is 13.1 Å². The highest BCUT2D eigenvalue weighted by atomic mass is 19.2. The summed E-state index contributed by atoms with van der Waals surface area (Å²) in [6, 6.07) is 0.268. The molecule has 2 unspecified atom stereocenters. The number of carbonyl (C=O) groups is 1. The minimum absolute atomic E-state index is 0.134. The first-order valence-corrected chi connectivity index (χ1v) is 6.29. The molecule has 1 amide bonds. The number of amides is 1. The summed E-state index contributed by atoms with van der Waals surface area (Å²) in [5.41, 5.74) is -0.702. The van der Waals surface area contributed by atoms with Crippen molar-refractivity contribution in [2.45, 2.75) is 19.4 Å². The average Bonchev–Trinajstić information content (AvgIpc) is 2.43. The third kappa shape index (κ3) is 2.72. The van der Waals surface area contributed by atoms with Gasteiger partial charge in [-0.3, -0.25) is 4.79 Å². The van der Waals surface area contributed by atoms with Crippen LogP contribution in [0.1, 0.15) is 23.7 Å². The van der Waals surface area contributed by atoms with Crippen LogP contribution < -0.4 is 10.6 Å². The van der Waals surface area contributed by atoms with Gasteiger partial charge in [0.05, 0.1) is 5.56 Å². The van der Waals surface area contributed by atoms with Gasteiger partial charge in [0.1, 0.15) is 0 Å². The molecular formula is C13H15F3N2O2. The lowest BCUT2D eigenvalue weighted by Gasteiger charge is -2.30. The summed E-state index contributed by atoms with van der Waals surface area (Å²) in [5, 5.41) is 14.8. The number of halogens is 3. The number of hydrogen-bond donors (Lipinski definition) is 3. The Balaban J connectivity index is 2.21. The molecule has 2 rings (SSSR count). The number of hydrogen-bond acceptors (Lipinski definition) is 3. The molecule has 1 aromatic rings. The number of rotatable bonds is 2. The second-order valence-electron chi connectivity index (χ2n) is 4.93. The van der Waals surface area contributed by atoms with Crippen LogP contribution in [-0.4, -0.2) is 30.1 Å². The van der Waals surface area contributed by atoms with E-state index in [1.165, 1.54) is 0 Å². The van der Waals surface area contributed by atoms with Crippen molar-refractivity contribution in [1.29, 1.82) is 0 Å². The fourth-order valence-corrected chi connectivity index (χ4v) is 2.23. The first kappa shape index (κ1) is 14.6. The van der Waals surface area contributed by atoms with Crippen LogP contribution in [0.15, 0.2) is 6.07 Å². The van der Waals surface area contributed by atoms with Crippen molar-refractivity contribution in [3.8, 4) is 5.75 Å². The minimum Gasteiger partial charge on any atom is -0.503 e. The SMILES string of the molecule is CC1CNCCC1NC(=O)c1cc(F)c(F)c(O)c1F. The average molecular weight is 288 g/mol. The molecule has 20 heavy (non-hydrogen) atoms. The molecule has 1 aliphatic rings. The van der Waals surface area contributed by atoms with Gasteiger partial charge in [0.15, 0.2) is 17.4 Å². The molecule has 1 aromatic carbocycles. The van der Waals surface area contributed by atoms with Gasteiger partial charge in [-0.05, 0) is 31.5 Å². The molecule has 110 valence electrons. The predicted octanol–water partition coefficient (Wildman–Crippen LogP) is 1.54. The van der Waals surface area contributed by atoms with E-state index < -0.39 is 34.7 Å². The van der Waals surface area contributed by atoms with Crippen molar-refractivity contribution in [3.05, 3.63) is 29.1 Å². The van der Waals surface area contributed by atoms with Crippen LogP contribution in [0.2, 0.25) is 0 Å². The van der Waals surface area contributed by atoms with E-state index in [-0.39, 0.29) is 12.0 Å². The zero-order valence-corrected chi connectivity index (χ0v) is 10.8. The van der Waals surface area contributed by atoms with Gasteiger partial charge in [-0.2, -0.15) is 4.39 Å². The van der Waals surface area contributed by atoms with E-state index in [1.54, 1.807) is 0 Å². The van der Waals surface area contributed by atoms with E-state index in [2.05, 4.69) is 10.6 Å². The Hall–Kier alpha value is -1.76. The molecule has 0 aromatic heterocycles. The predicted molar refractivity (Wildman–Crippen MR) is 65.9 cm³/mol. The monoisotopic (exact) mass is 288 g/mol. The largest absolute Gasteiger partial charge is 0.503 e. The first-order chi connectivity index (χ1) is 9.41. The van der Waals surface area contributed by atoms with E-state index in [9.17, 15) is 18.0 Å². The number of piperidine rings is 1. The molecule has 4 nitrogen and oxygen atoms in total. The summed E-state index contributed by atoms with van der Waals surface area (Å²) in [6.07, 6.45) is 0.657. The van der Waals surface area contributed by atoms with Gasteiger partial charge in [0, 0.05) is 6.04 Å². The van der Waals surface area contributed by atoms with E-state index in [0.717, 1.165) is 0 Å². The molecule has 1 heterocycles. The lowest BCUT2D eigenvalue weighted by atomic mass is 9.95. The minimum atomic E-state index is -1.70. The summed E-state index contributed by atoms with van der Waals surface area (Å²) in [6.45, 7) is 3.33. The van der Waals surface area contributed by atoms with Gasteiger partial charge in [-0.25, -0.2) is 8.78 Å². The third-order valence-electron chi connectivity index (χ3n) is 3.48. The van der Waals surface area contributed by atoms with Crippen LogP contribution in [-0.2, 0) is 0 Å². The highest BCUT2D eigenvalue weighted by Gasteiger charge is 2.27. The van der Waals surface area contributed by atoms with Crippen LogP contribution in [0.25, 0.3) is 0 Å². The number of phenols is 1. The Labute approximate surface area is 114 Å². The van der Waals surface area contributed by atoms with Crippen molar-refractivity contribution < 1.29 is 23.1 Å². The van der Waals surface area contributed by atoms with Gasteiger partial charge < -0.3 is 15.7 Å². The molecular weight excluding hydrogens is 273 g/mol. The van der Waals surface area contributed by atoms with Crippen LogP contribution in [0.3, 0.4) is 0 Å². The molecule has 0 radical (unpaired) electrons. The molecule has 3 N–H and O–H groups in total. The molecule has 1 fully saturated rings. The number of benzene rings is 1. The standard InChI is InChI=1S/C13H15F3N2O2/c1-6-5-17-3-2-9(6)18-13(20)7-4-8(14)11(16)12(19)10(7)15/h4,6,9,17,19H,2-3,5H2,1H3,(H,18,20). The van der Waals surface area contributed by atoms with Crippen molar-refractivity contribution in [2.24, 2.45) is 5.92 Å². The van der Waals surface area contributed by atoms with Crippen LogP contribution in [0.5, 0.6) is 5.75 Å². The number of nitrogens with one attached hydrogen (secondary N) is 2. The molecule has 1 aliphatic heterocycles. The zero-order valence-electron chi connectivity index (χ0n) is 10.8. The molecule has 1 saturated heterocycles. The normalized spacial score (nSPS) is 22.6. The second kappa shape index (κ2) is 5.70. The van der Waals surface area contributed by atoms with E-state index >= 15 is 0 Å². The Bertz CT molecular complexity index is 537. The maximum atomic E-state index is 13.6. The summed E-state index contributed by atoms with van der Waals surface area (Å²) in [7, 11) is 0. The highest BCUT2D eigenvalue weighted by Crippen LogP contribution is 2.26. The Kier molecular flexibility index (Phi) is 4.17. The summed E-state index contributed by atoms with van der Waals surface area (Å²) in [5.74, 6) is -6.83. The van der Waals surface area contributed by atoms with Crippen molar-refractivity contribution in [1.82, 2.24) is 10.6 Å². The smallest absolute Gasteiger partial charge is 0.254 e. The summed E-state index contributed by atoms with van der Waals surface area (Å²) in [4.78, 5) is 11.9. The highest BCUT2D eigenvalue weighted by molar-refractivity contribution is 5.95. The van der Waals surface area contributed by atoms with E-state index in [1.807, 2.05) is 6.92 Å². The molecule has 7 heteroatoms. The molecule has 0 spiro atoms. The molecule has 0 aliphatic carbocycles. The zero-order chi connectivity index (χ0) is 14.9.